The highest BCUT2D eigenvalue weighted by atomic mass is 16.3. The second kappa shape index (κ2) is 16.0. The van der Waals surface area contributed by atoms with E-state index in [4.69, 9.17) is 0 Å². The Morgan fingerprint density at radius 3 is 2.00 bits per heavy atom. The Bertz CT molecular complexity index is 473. The van der Waals surface area contributed by atoms with E-state index in [1.165, 1.54) is 82.6 Å². The van der Waals surface area contributed by atoms with Crippen LogP contribution in [0.4, 0.5) is 0 Å². The van der Waals surface area contributed by atoms with Crippen LogP contribution in [0.25, 0.3) is 0 Å². The van der Waals surface area contributed by atoms with E-state index in [-0.39, 0.29) is 0 Å². The van der Waals surface area contributed by atoms with Gasteiger partial charge in [-0.3, -0.25) is 0 Å². The Labute approximate surface area is 155 Å². The molecule has 0 aliphatic rings. The van der Waals surface area contributed by atoms with Crippen molar-refractivity contribution in [3.05, 3.63) is 54.1 Å². The summed E-state index contributed by atoms with van der Waals surface area (Å²) in [4.78, 5) is 0. The van der Waals surface area contributed by atoms with Crippen molar-refractivity contribution >= 4 is 0 Å². The van der Waals surface area contributed by atoms with Gasteiger partial charge >= 0.3 is 0 Å². The minimum absolute atomic E-state index is 0.387. The monoisotopic (exact) mass is 342 g/mol. The fraction of sp³-hybridized carbons (Fsp3) is 0.583. The highest BCUT2D eigenvalue weighted by molar-refractivity contribution is 5.27. The molecule has 0 aliphatic heterocycles. The molecule has 0 radical (unpaired) electrons. The van der Waals surface area contributed by atoms with E-state index in [1.807, 2.05) is 12.1 Å². The molecule has 0 saturated heterocycles. The number of phenolic OH excluding ortho intramolecular Hbond substituents is 1. The molecule has 140 valence electrons. The first-order chi connectivity index (χ1) is 12.3. The van der Waals surface area contributed by atoms with Crippen LogP contribution in [0.3, 0.4) is 0 Å². The predicted octanol–water partition coefficient (Wildman–Crippen LogP) is 7.75. The molecule has 1 rings (SSSR count). The first-order valence-corrected chi connectivity index (χ1v) is 10.4. The highest BCUT2D eigenvalue weighted by Gasteiger charge is 1.95. The van der Waals surface area contributed by atoms with Gasteiger partial charge in [0.25, 0.3) is 0 Å². The molecule has 1 aromatic carbocycles. The van der Waals surface area contributed by atoms with Gasteiger partial charge < -0.3 is 5.11 Å². The van der Waals surface area contributed by atoms with Gasteiger partial charge in [0.1, 0.15) is 5.75 Å². The summed E-state index contributed by atoms with van der Waals surface area (Å²) in [7, 11) is 0. The number of hydrogen-bond acceptors (Lipinski definition) is 1. The molecular formula is C24H38O. The summed E-state index contributed by atoms with van der Waals surface area (Å²) in [5, 5.41) is 9.44. The van der Waals surface area contributed by atoms with E-state index in [9.17, 15) is 5.11 Å². The largest absolute Gasteiger partial charge is 0.508 e. The molecule has 25 heavy (non-hydrogen) atoms. The molecule has 0 aliphatic carbocycles. The number of benzene rings is 1. The number of phenols is 1. The van der Waals surface area contributed by atoms with Crippen LogP contribution in [-0.4, -0.2) is 5.11 Å². The van der Waals surface area contributed by atoms with Crippen LogP contribution in [0.1, 0.15) is 89.5 Å². The molecule has 0 heterocycles. The molecule has 0 unspecified atom stereocenters. The molecule has 1 N–H and O–H groups in total. The van der Waals surface area contributed by atoms with Gasteiger partial charge in [0.2, 0.25) is 0 Å². The van der Waals surface area contributed by atoms with Gasteiger partial charge in [0.15, 0.2) is 0 Å². The number of hydrogen-bond donors (Lipinski definition) is 1. The first-order valence-electron chi connectivity index (χ1n) is 10.4. The van der Waals surface area contributed by atoms with E-state index in [0.717, 1.165) is 6.42 Å². The maximum atomic E-state index is 9.44. The smallest absolute Gasteiger partial charge is 0.115 e. The van der Waals surface area contributed by atoms with Gasteiger partial charge in [0, 0.05) is 0 Å². The lowest BCUT2D eigenvalue weighted by Gasteiger charge is -2.03. The number of rotatable bonds is 15. The van der Waals surface area contributed by atoms with Crippen LogP contribution in [0.2, 0.25) is 0 Å². The summed E-state index contributed by atoms with van der Waals surface area (Å²) in [6.45, 7) is 2.24. The maximum absolute atomic E-state index is 9.44. The van der Waals surface area contributed by atoms with Crippen molar-refractivity contribution in [2.45, 2.75) is 90.4 Å². The SMILES string of the molecule is CCCCC=CCCC=CCCCCCCCCc1cccc(O)c1. The van der Waals surface area contributed by atoms with E-state index < -0.39 is 0 Å². The Hall–Kier alpha value is -1.50. The minimum Gasteiger partial charge on any atom is -0.508 e. The number of allylic oxidation sites excluding steroid dienone is 4. The number of aromatic hydroxyl groups is 1. The van der Waals surface area contributed by atoms with Gasteiger partial charge in [-0.15, -0.1) is 0 Å². The molecular weight excluding hydrogens is 304 g/mol. The predicted molar refractivity (Wildman–Crippen MR) is 111 cm³/mol. The third-order valence-electron chi connectivity index (χ3n) is 4.55. The Morgan fingerprint density at radius 1 is 0.720 bits per heavy atom. The molecule has 0 saturated carbocycles. The average Bonchev–Trinajstić information content (AvgIpc) is 2.61. The summed E-state index contributed by atoms with van der Waals surface area (Å²) in [5.74, 6) is 0.387. The zero-order chi connectivity index (χ0) is 18.0. The van der Waals surface area contributed by atoms with E-state index >= 15 is 0 Å². The lowest BCUT2D eigenvalue weighted by atomic mass is 10.0. The molecule has 1 nitrogen and oxygen atoms in total. The standard InChI is InChI=1S/C24H38O/c1-2-3-4-5-6-7-8-9-10-11-12-13-14-15-16-17-19-23-20-18-21-24(25)22-23/h5-6,9-10,18,20-22,25H,2-4,7-8,11-17,19H2,1H3. The van der Waals surface area contributed by atoms with E-state index in [1.54, 1.807) is 6.07 Å². The van der Waals surface area contributed by atoms with E-state index in [0.29, 0.717) is 5.75 Å². The van der Waals surface area contributed by atoms with Crippen molar-refractivity contribution in [1.29, 1.82) is 0 Å². The van der Waals surface area contributed by atoms with Crippen molar-refractivity contribution in [3.8, 4) is 5.75 Å². The van der Waals surface area contributed by atoms with Crippen LogP contribution >= 0.6 is 0 Å². The summed E-state index contributed by atoms with van der Waals surface area (Å²) in [5.41, 5.74) is 1.25. The van der Waals surface area contributed by atoms with Crippen molar-refractivity contribution in [1.82, 2.24) is 0 Å². The summed E-state index contributed by atoms with van der Waals surface area (Å²) >= 11 is 0. The Morgan fingerprint density at radius 2 is 1.32 bits per heavy atom. The minimum atomic E-state index is 0.387. The van der Waals surface area contributed by atoms with Crippen LogP contribution in [0, 0.1) is 0 Å². The molecule has 0 fully saturated rings. The summed E-state index contributed by atoms with van der Waals surface area (Å²) in [6.07, 6.45) is 25.9. The van der Waals surface area contributed by atoms with Crippen molar-refractivity contribution < 1.29 is 5.11 Å². The van der Waals surface area contributed by atoms with Gasteiger partial charge in [0.05, 0.1) is 0 Å². The summed E-state index contributed by atoms with van der Waals surface area (Å²) < 4.78 is 0. The maximum Gasteiger partial charge on any atom is 0.115 e. The zero-order valence-corrected chi connectivity index (χ0v) is 16.3. The van der Waals surface area contributed by atoms with Crippen LogP contribution in [-0.2, 0) is 6.42 Å². The average molecular weight is 343 g/mol. The quantitative estimate of drug-likeness (QED) is 0.255. The molecule has 1 heteroatoms. The molecule has 0 bridgehead atoms. The van der Waals surface area contributed by atoms with Gasteiger partial charge in [-0.05, 0) is 62.6 Å². The van der Waals surface area contributed by atoms with Gasteiger partial charge in [-0.25, -0.2) is 0 Å². The number of aryl methyl sites for hydroxylation is 1. The zero-order valence-electron chi connectivity index (χ0n) is 16.3. The number of unbranched alkanes of at least 4 members (excludes halogenated alkanes) is 9. The van der Waals surface area contributed by atoms with Gasteiger partial charge in [-0.2, -0.15) is 0 Å². The van der Waals surface area contributed by atoms with Crippen LogP contribution in [0.5, 0.6) is 5.75 Å². The Balaban J connectivity index is 1.84. The topological polar surface area (TPSA) is 20.2 Å². The second-order valence-corrected chi connectivity index (χ2v) is 6.99. The molecule has 1 aromatic rings. The van der Waals surface area contributed by atoms with Crippen molar-refractivity contribution in [2.75, 3.05) is 0 Å². The first kappa shape index (κ1) is 21.5. The lowest BCUT2D eigenvalue weighted by molar-refractivity contribution is 0.474. The second-order valence-electron chi connectivity index (χ2n) is 6.99. The van der Waals surface area contributed by atoms with Crippen molar-refractivity contribution in [2.24, 2.45) is 0 Å². The Kier molecular flexibility index (Phi) is 13.8. The molecule has 0 spiro atoms. The van der Waals surface area contributed by atoms with E-state index in [2.05, 4.69) is 37.3 Å². The fourth-order valence-corrected chi connectivity index (χ4v) is 3.00. The third kappa shape index (κ3) is 13.5. The van der Waals surface area contributed by atoms with Gasteiger partial charge in [-0.1, -0.05) is 81.9 Å². The highest BCUT2D eigenvalue weighted by Crippen LogP contribution is 2.15. The van der Waals surface area contributed by atoms with Crippen molar-refractivity contribution in [3.63, 3.8) is 0 Å². The molecule has 0 amide bonds. The van der Waals surface area contributed by atoms with Crippen LogP contribution < -0.4 is 0 Å². The summed E-state index contributed by atoms with van der Waals surface area (Å²) in [6, 6.07) is 7.66. The third-order valence-corrected chi connectivity index (χ3v) is 4.55. The molecule has 0 aromatic heterocycles. The molecule has 0 atom stereocenters. The normalized spacial score (nSPS) is 11.7. The fourth-order valence-electron chi connectivity index (χ4n) is 3.00. The lowest BCUT2D eigenvalue weighted by Crippen LogP contribution is -1.86. The van der Waals surface area contributed by atoms with Crippen LogP contribution in [0.15, 0.2) is 48.6 Å².